The van der Waals surface area contributed by atoms with Gasteiger partial charge in [0.1, 0.15) is 5.01 Å². The standard InChI is InChI=1S/C15H27N3OS/c1-5-9-10-12(8-4)13(19)16-15-18-17-14(20-15)11(6-2)7-3/h11-12H,5-10H2,1-4H3,(H,16,18,19)/t12-/m0/s1. The molecule has 1 heterocycles. The lowest BCUT2D eigenvalue weighted by Gasteiger charge is -2.12. The van der Waals surface area contributed by atoms with E-state index in [1.165, 1.54) is 11.3 Å². The van der Waals surface area contributed by atoms with Crippen molar-refractivity contribution in [3.8, 4) is 0 Å². The van der Waals surface area contributed by atoms with Crippen LogP contribution >= 0.6 is 11.3 Å². The molecular formula is C15H27N3OS. The minimum Gasteiger partial charge on any atom is -0.300 e. The summed E-state index contributed by atoms with van der Waals surface area (Å²) in [6, 6.07) is 0. The molecule has 0 unspecified atom stereocenters. The summed E-state index contributed by atoms with van der Waals surface area (Å²) < 4.78 is 0. The van der Waals surface area contributed by atoms with Crippen LogP contribution in [0.1, 0.15) is 77.1 Å². The molecule has 0 aliphatic heterocycles. The highest BCUT2D eigenvalue weighted by atomic mass is 32.1. The zero-order valence-corrected chi connectivity index (χ0v) is 13.9. The molecule has 1 amide bonds. The van der Waals surface area contributed by atoms with Crippen molar-refractivity contribution < 1.29 is 4.79 Å². The largest absolute Gasteiger partial charge is 0.300 e. The van der Waals surface area contributed by atoms with Crippen molar-refractivity contribution in [1.82, 2.24) is 10.2 Å². The first kappa shape index (κ1) is 17.1. The molecule has 1 rings (SSSR count). The molecule has 0 aromatic carbocycles. The first-order chi connectivity index (χ1) is 9.65. The highest BCUT2D eigenvalue weighted by molar-refractivity contribution is 7.15. The first-order valence-electron chi connectivity index (χ1n) is 7.80. The molecule has 5 heteroatoms. The van der Waals surface area contributed by atoms with E-state index in [0.29, 0.717) is 11.0 Å². The average Bonchev–Trinajstić information content (AvgIpc) is 2.89. The molecule has 20 heavy (non-hydrogen) atoms. The molecule has 114 valence electrons. The molecule has 4 nitrogen and oxygen atoms in total. The van der Waals surface area contributed by atoms with E-state index in [-0.39, 0.29) is 11.8 Å². The van der Waals surface area contributed by atoms with Gasteiger partial charge >= 0.3 is 0 Å². The van der Waals surface area contributed by atoms with Crippen LogP contribution in [0, 0.1) is 5.92 Å². The van der Waals surface area contributed by atoms with Gasteiger partial charge in [-0.1, -0.05) is 51.9 Å². The summed E-state index contributed by atoms with van der Waals surface area (Å²) in [6.45, 7) is 8.53. The molecule has 0 radical (unpaired) electrons. The maximum absolute atomic E-state index is 12.2. The fraction of sp³-hybridized carbons (Fsp3) is 0.800. The molecule has 1 aromatic heterocycles. The monoisotopic (exact) mass is 297 g/mol. The van der Waals surface area contributed by atoms with Crippen LogP contribution in [0.4, 0.5) is 5.13 Å². The number of rotatable bonds is 9. The van der Waals surface area contributed by atoms with E-state index in [9.17, 15) is 4.79 Å². The fourth-order valence-electron chi connectivity index (χ4n) is 2.27. The molecule has 1 aromatic rings. The van der Waals surface area contributed by atoms with E-state index in [0.717, 1.165) is 43.5 Å². The molecular weight excluding hydrogens is 270 g/mol. The average molecular weight is 297 g/mol. The van der Waals surface area contributed by atoms with Crippen LogP contribution in [-0.2, 0) is 4.79 Å². The minimum atomic E-state index is 0.0909. The summed E-state index contributed by atoms with van der Waals surface area (Å²) in [4.78, 5) is 12.2. The van der Waals surface area contributed by atoms with Gasteiger partial charge in [0.25, 0.3) is 0 Å². The van der Waals surface area contributed by atoms with Gasteiger partial charge in [-0.2, -0.15) is 0 Å². The molecule has 0 aliphatic carbocycles. The van der Waals surface area contributed by atoms with Gasteiger partial charge < -0.3 is 5.32 Å². The van der Waals surface area contributed by atoms with Crippen molar-refractivity contribution >= 4 is 22.4 Å². The smallest absolute Gasteiger partial charge is 0.229 e. The summed E-state index contributed by atoms with van der Waals surface area (Å²) >= 11 is 1.52. The number of carbonyl (C=O) groups is 1. The number of hydrogen-bond donors (Lipinski definition) is 1. The number of hydrogen-bond acceptors (Lipinski definition) is 4. The second-order valence-corrected chi connectivity index (χ2v) is 6.20. The Hall–Kier alpha value is -0.970. The number of unbranched alkanes of at least 4 members (excludes halogenated alkanes) is 1. The maximum Gasteiger partial charge on any atom is 0.229 e. The lowest BCUT2D eigenvalue weighted by atomic mass is 9.99. The van der Waals surface area contributed by atoms with Gasteiger partial charge in [-0.3, -0.25) is 4.79 Å². The molecule has 0 saturated heterocycles. The van der Waals surface area contributed by atoms with Crippen LogP contribution in [-0.4, -0.2) is 16.1 Å². The van der Waals surface area contributed by atoms with Crippen LogP contribution in [0.5, 0.6) is 0 Å². The number of nitrogens with one attached hydrogen (secondary N) is 1. The van der Waals surface area contributed by atoms with E-state index in [4.69, 9.17) is 0 Å². The quantitative estimate of drug-likeness (QED) is 0.725. The Kier molecular flexibility index (Phi) is 7.73. The predicted octanol–water partition coefficient (Wildman–Crippen LogP) is 4.60. The normalized spacial score (nSPS) is 12.7. The summed E-state index contributed by atoms with van der Waals surface area (Å²) in [5, 5.41) is 12.9. The lowest BCUT2D eigenvalue weighted by Crippen LogP contribution is -2.22. The van der Waals surface area contributed by atoms with Gasteiger partial charge in [0.15, 0.2) is 0 Å². The predicted molar refractivity (Wildman–Crippen MR) is 85.2 cm³/mol. The minimum absolute atomic E-state index is 0.0909. The highest BCUT2D eigenvalue weighted by Crippen LogP contribution is 2.28. The summed E-state index contributed by atoms with van der Waals surface area (Å²) in [5.74, 6) is 0.642. The number of amides is 1. The third kappa shape index (κ3) is 4.85. The van der Waals surface area contributed by atoms with Crippen LogP contribution < -0.4 is 5.32 Å². The zero-order chi connectivity index (χ0) is 15.0. The number of anilines is 1. The molecule has 0 spiro atoms. The first-order valence-corrected chi connectivity index (χ1v) is 8.61. The van der Waals surface area contributed by atoms with Crippen molar-refractivity contribution in [2.24, 2.45) is 5.92 Å². The van der Waals surface area contributed by atoms with E-state index in [1.807, 2.05) is 0 Å². The van der Waals surface area contributed by atoms with Crippen molar-refractivity contribution in [3.05, 3.63) is 5.01 Å². The van der Waals surface area contributed by atoms with Crippen molar-refractivity contribution in [2.75, 3.05) is 5.32 Å². The Morgan fingerprint density at radius 2 is 1.85 bits per heavy atom. The Balaban J connectivity index is 2.61. The van der Waals surface area contributed by atoms with E-state index >= 15 is 0 Å². The van der Waals surface area contributed by atoms with Crippen molar-refractivity contribution in [1.29, 1.82) is 0 Å². The Morgan fingerprint density at radius 3 is 2.40 bits per heavy atom. The Bertz CT molecular complexity index is 402. The number of aromatic nitrogens is 2. The third-order valence-electron chi connectivity index (χ3n) is 3.78. The summed E-state index contributed by atoms with van der Waals surface area (Å²) in [5.41, 5.74) is 0. The van der Waals surface area contributed by atoms with E-state index in [1.54, 1.807) is 0 Å². The second kappa shape index (κ2) is 9.06. The zero-order valence-electron chi connectivity index (χ0n) is 13.1. The molecule has 0 saturated carbocycles. The van der Waals surface area contributed by atoms with Crippen LogP contribution in [0.25, 0.3) is 0 Å². The van der Waals surface area contributed by atoms with E-state index < -0.39 is 0 Å². The molecule has 0 bridgehead atoms. The van der Waals surface area contributed by atoms with Crippen LogP contribution in [0.15, 0.2) is 0 Å². The van der Waals surface area contributed by atoms with Crippen LogP contribution in [0.2, 0.25) is 0 Å². The number of carbonyl (C=O) groups excluding carboxylic acids is 1. The Morgan fingerprint density at radius 1 is 1.15 bits per heavy atom. The van der Waals surface area contributed by atoms with Gasteiger partial charge in [0.2, 0.25) is 11.0 Å². The van der Waals surface area contributed by atoms with Crippen molar-refractivity contribution in [3.63, 3.8) is 0 Å². The summed E-state index contributed by atoms with van der Waals surface area (Å²) in [7, 11) is 0. The molecule has 1 N–H and O–H groups in total. The fourth-order valence-corrected chi connectivity index (χ4v) is 3.28. The Labute approximate surface area is 126 Å². The van der Waals surface area contributed by atoms with Gasteiger partial charge in [-0.15, -0.1) is 10.2 Å². The summed E-state index contributed by atoms with van der Waals surface area (Å²) in [6.07, 6.45) is 6.18. The molecule has 0 aliphatic rings. The lowest BCUT2D eigenvalue weighted by molar-refractivity contribution is -0.120. The van der Waals surface area contributed by atoms with Crippen LogP contribution in [0.3, 0.4) is 0 Å². The van der Waals surface area contributed by atoms with Gasteiger partial charge in [-0.05, 0) is 25.7 Å². The van der Waals surface area contributed by atoms with E-state index in [2.05, 4.69) is 43.2 Å². The highest BCUT2D eigenvalue weighted by Gasteiger charge is 2.19. The SMILES string of the molecule is CCCC[C@H](CC)C(=O)Nc1nnc(C(CC)CC)s1. The third-order valence-corrected chi connectivity index (χ3v) is 4.78. The maximum atomic E-state index is 12.2. The second-order valence-electron chi connectivity index (χ2n) is 5.20. The number of nitrogens with zero attached hydrogens (tertiary/aromatic N) is 2. The van der Waals surface area contributed by atoms with Gasteiger partial charge in [0.05, 0.1) is 0 Å². The van der Waals surface area contributed by atoms with Gasteiger partial charge in [-0.25, -0.2) is 0 Å². The molecule has 0 fully saturated rings. The van der Waals surface area contributed by atoms with Crippen molar-refractivity contribution in [2.45, 2.75) is 72.1 Å². The van der Waals surface area contributed by atoms with Gasteiger partial charge in [0, 0.05) is 11.8 Å². The topological polar surface area (TPSA) is 54.9 Å². The molecule has 1 atom stereocenters.